The minimum atomic E-state index is -0.703. The highest BCUT2D eigenvalue weighted by Gasteiger charge is 2.27. The van der Waals surface area contributed by atoms with E-state index in [1.807, 2.05) is 6.07 Å². The Kier molecular flexibility index (Phi) is 7.12. The molecule has 0 spiro atoms. The fourth-order valence-electron chi connectivity index (χ4n) is 2.25. The molecule has 1 saturated heterocycles. The normalized spacial score (nSPS) is 17.2. The molecule has 0 bridgehead atoms. The van der Waals surface area contributed by atoms with Crippen molar-refractivity contribution in [2.75, 3.05) is 19.8 Å². The summed E-state index contributed by atoms with van der Waals surface area (Å²) < 4.78 is 10.5. The molecule has 2 N–H and O–H groups in total. The Hall–Kier alpha value is -1.81. The van der Waals surface area contributed by atoms with Crippen molar-refractivity contribution in [3.8, 4) is 6.07 Å². The highest BCUT2D eigenvalue weighted by atomic mass is 16.6. The Balaban J connectivity index is 2.62. The van der Waals surface area contributed by atoms with E-state index in [0.29, 0.717) is 25.6 Å². The summed E-state index contributed by atoms with van der Waals surface area (Å²) in [6.07, 6.45) is 1.60. The van der Waals surface area contributed by atoms with Gasteiger partial charge in [-0.15, -0.1) is 0 Å². The summed E-state index contributed by atoms with van der Waals surface area (Å²) in [5.41, 5.74) is -0.629. The Morgan fingerprint density at radius 3 is 2.55 bits per heavy atom. The van der Waals surface area contributed by atoms with Crippen molar-refractivity contribution in [3.05, 3.63) is 0 Å². The van der Waals surface area contributed by atoms with Gasteiger partial charge in [0, 0.05) is 13.2 Å². The van der Waals surface area contributed by atoms with E-state index in [9.17, 15) is 9.59 Å². The maximum Gasteiger partial charge on any atom is 0.408 e. The topological polar surface area (TPSA) is 100 Å². The van der Waals surface area contributed by atoms with Gasteiger partial charge in [-0.05, 0) is 46.0 Å². The van der Waals surface area contributed by atoms with Gasteiger partial charge in [0.25, 0.3) is 0 Å². The molecule has 0 aromatic rings. The maximum absolute atomic E-state index is 12.1. The Morgan fingerprint density at radius 1 is 1.36 bits per heavy atom. The van der Waals surface area contributed by atoms with Crippen LogP contribution in [0.5, 0.6) is 0 Å². The van der Waals surface area contributed by atoms with Crippen LogP contribution in [0.4, 0.5) is 4.79 Å². The van der Waals surface area contributed by atoms with Gasteiger partial charge in [-0.1, -0.05) is 0 Å². The number of rotatable bonds is 5. The Morgan fingerprint density at radius 2 is 2.00 bits per heavy atom. The van der Waals surface area contributed by atoms with E-state index >= 15 is 0 Å². The van der Waals surface area contributed by atoms with Crippen LogP contribution in [0.3, 0.4) is 0 Å². The number of hydrogen-bond donors (Lipinski definition) is 2. The molecule has 0 saturated carbocycles. The summed E-state index contributed by atoms with van der Waals surface area (Å²) in [7, 11) is 0. The van der Waals surface area contributed by atoms with Crippen LogP contribution in [0.15, 0.2) is 0 Å². The van der Waals surface area contributed by atoms with Crippen LogP contribution in [0.2, 0.25) is 0 Å². The third kappa shape index (κ3) is 7.27. The van der Waals surface area contributed by atoms with Gasteiger partial charge in [-0.2, -0.15) is 5.26 Å². The van der Waals surface area contributed by atoms with E-state index in [0.717, 1.165) is 12.8 Å². The second-order valence-corrected chi connectivity index (χ2v) is 6.37. The molecule has 22 heavy (non-hydrogen) atoms. The van der Waals surface area contributed by atoms with Crippen LogP contribution in [0, 0.1) is 17.2 Å². The van der Waals surface area contributed by atoms with Gasteiger partial charge in [0.2, 0.25) is 5.91 Å². The fourth-order valence-corrected chi connectivity index (χ4v) is 2.25. The van der Waals surface area contributed by atoms with Crippen molar-refractivity contribution < 1.29 is 19.1 Å². The van der Waals surface area contributed by atoms with E-state index in [-0.39, 0.29) is 12.5 Å². The van der Waals surface area contributed by atoms with Gasteiger partial charge in [0.15, 0.2) is 0 Å². The first kappa shape index (κ1) is 18.2. The van der Waals surface area contributed by atoms with Crippen LogP contribution in [-0.2, 0) is 14.3 Å². The zero-order valence-corrected chi connectivity index (χ0v) is 13.5. The third-order valence-corrected chi connectivity index (χ3v) is 3.26. The lowest BCUT2D eigenvalue weighted by molar-refractivity contribution is -0.123. The maximum atomic E-state index is 12.1. The van der Waals surface area contributed by atoms with Crippen molar-refractivity contribution in [2.24, 2.45) is 5.92 Å². The lowest BCUT2D eigenvalue weighted by atomic mass is 9.92. The predicted molar refractivity (Wildman–Crippen MR) is 79.9 cm³/mol. The first-order valence-corrected chi connectivity index (χ1v) is 7.53. The number of nitrogens with zero attached hydrogens (tertiary/aromatic N) is 1. The van der Waals surface area contributed by atoms with Gasteiger partial charge >= 0.3 is 6.09 Å². The molecule has 1 fully saturated rings. The summed E-state index contributed by atoms with van der Waals surface area (Å²) >= 11 is 0. The van der Waals surface area contributed by atoms with Crippen molar-refractivity contribution >= 4 is 12.0 Å². The standard InChI is InChI=1S/C15H25N3O4/c1-15(2,3)22-14(20)18-12(13(19)17-7-6-16)10-11-4-8-21-9-5-11/h11-12H,4-5,7-10H2,1-3H3,(H,17,19)(H,18,20). The zero-order chi connectivity index (χ0) is 16.6. The molecule has 0 aromatic carbocycles. The molecule has 2 amide bonds. The van der Waals surface area contributed by atoms with E-state index < -0.39 is 17.7 Å². The number of nitrogens with one attached hydrogen (secondary N) is 2. The van der Waals surface area contributed by atoms with Crippen molar-refractivity contribution in [3.63, 3.8) is 0 Å². The molecular formula is C15H25N3O4. The number of carbonyl (C=O) groups is 2. The van der Waals surface area contributed by atoms with E-state index in [1.54, 1.807) is 20.8 Å². The fraction of sp³-hybridized carbons (Fsp3) is 0.800. The van der Waals surface area contributed by atoms with Gasteiger partial charge in [0.05, 0.1) is 6.07 Å². The van der Waals surface area contributed by atoms with E-state index in [1.165, 1.54) is 0 Å². The van der Waals surface area contributed by atoms with Crippen molar-refractivity contribution in [1.82, 2.24) is 10.6 Å². The molecule has 1 heterocycles. The Bertz CT molecular complexity index is 419. The third-order valence-electron chi connectivity index (χ3n) is 3.26. The number of carbonyl (C=O) groups excluding carboxylic acids is 2. The molecule has 1 atom stereocenters. The highest BCUT2D eigenvalue weighted by molar-refractivity contribution is 5.85. The first-order valence-electron chi connectivity index (χ1n) is 7.53. The second-order valence-electron chi connectivity index (χ2n) is 6.37. The summed E-state index contributed by atoms with van der Waals surface area (Å²) in [5.74, 6) is -0.0552. The van der Waals surface area contributed by atoms with E-state index in [4.69, 9.17) is 14.7 Å². The summed E-state index contributed by atoms with van der Waals surface area (Å²) in [6, 6.07) is 1.15. The zero-order valence-electron chi connectivity index (χ0n) is 13.5. The lowest BCUT2D eigenvalue weighted by Gasteiger charge is -2.27. The molecule has 1 unspecified atom stereocenters. The number of amides is 2. The second kappa shape index (κ2) is 8.59. The average molecular weight is 311 g/mol. The van der Waals surface area contributed by atoms with Gasteiger partial charge < -0.3 is 20.1 Å². The summed E-state index contributed by atoms with van der Waals surface area (Å²) in [5, 5.41) is 13.7. The molecule has 1 aliphatic heterocycles. The smallest absolute Gasteiger partial charge is 0.408 e. The molecule has 0 aliphatic carbocycles. The summed E-state index contributed by atoms with van der Waals surface area (Å²) in [6.45, 7) is 6.54. The van der Waals surface area contributed by atoms with Gasteiger partial charge in [-0.25, -0.2) is 4.79 Å². The molecular weight excluding hydrogens is 286 g/mol. The predicted octanol–water partition coefficient (Wildman–Crippen LogP) is 1.34. The van der Waals surface area contributed by atoms with Crippen molar-refractivity contribution in [2.45, 2.75) is 51.7 Å². The van der Waals surface area contributed by atoms with Crippen molar-refractivity contribution in [1.29, 1.82) is 5.26 Å². The summed E-state index contributed by atoms with van der Waals surface area (Å²) in [4.78, 5) is 24.0. The quantitative estimate of drug-likeness (QED) is 0.746. The first-order chi connectivity index (χ1) is 10.3. The monoisotopic (exact) mass is 311 g/mol. The number of alkyl carbamates (subject to hydrolysis) is 1. The van der Waals surface area contributed by atoms with Crippen LogP contribution in [-0.4, -0.2) is 43.4 Å². The van der Waals surface area contributed by atoms with Crippen LogP contribution >= 0.6 is 0 Å². The van der Waals surface area contributed by atoms with E-state index in [2.05, 4.69) is 10.6 Å². The average Bonchev–Trinajstić information content (AvgIpc) is 2.43. The van der Waals surface area contributed by atoms with Crippen LogP contribution in [0.1, 0.15) is 40.0 Å². The molecule has 0 aromatic heterocycles. The number of ether oxygens (including phenoxy) is 2. The van der Waals surface area contributed by atoms with Gasteiger partial charge in [-0.3, -0.25) is 4.79 Å². The van der Waals surface area contributed by atoms with Crippen LogP contribution < -0.4 is 10.6 Å². The minimum Gasteiger partial charge on any atom is -0.444 e. The SMILES string of the molecule is CC(C)(C)OC(=O)NC(CC1CCOCC1)C(=O)NCC#N. The molecule has 7 nitrogen and oxygen atoms in total. The molecule has 124 valence electrons. The Labute approximate surface area is 131 Å². The lowest BCUT2D eigenvalue weighted by Crippen LogP contribution is -2.49. The minimum absolute atomic E-state index is 0.0842. The molecule has 1 rings (SSSR count). The number of hydrogen-bond acceptors (Lipinski definition) is 5. The largest absolute Gasteiger partial charge is 0.444 e. The molecule has 7 heteroatoms. The molecule has 0 radical (unpaired) electrons. The van der Waals surface area contributed by atoms with Crippen LogP contribution in [0.25, 0.3) is 0 Å². The van der Waals surface area contributed by atoms with Gasteiger partial charge in [0.1, 0.15) is 18.2 Å². The number of nitriles is 1. The highest BCUT2D eigenvalue weighted by Crippen LogP contribution is 2.20. The molecule has 1 aliphatic rings.